The Labute approximate surface area is 140 Å². The van der Waals surface area contributed by atoms with Crippen LogP contribution in [0.1, 0.15) is 24.1 Å². The molecule has 3 rings (SSSR count). The predicted octanol–water partition coefficient (Wildman–Crippen LogP) is 3.88. The van der Waals surface area contributed by atoms with Gasteiger partial charge < -0.3 is 14.8 Å². The summed E-state index contributed by atoms with van der Waals surface area (Å²) >= 11 is 1.74. The Balaban J connectivity index is 1.51. The second-order valence-corrected chi connectivity index (χ2v) is 6.61. The first-order valence-corrected chi connectivity index (χ1v) is 8.85. The van der Waals surface area contributed by atoms with Crippen molar-refractivity contribution in [2.24, 2.45) is 0 Å². The quantitative estimate of drug-likeness (QED) is 0.837. The first-order chi connectivity index (χ1) is 11.3. The first-order valence-electron chi connectivity index (χ1n) is 7.97. The van der Waals surface area contributed by atoms with Gasteiger partial charge in [0.1, 0.15) is 11.9 Å². The third-order valence-corrected chi connectivity index (χ3v) is 4.69. The van der Waals surface area contributed by atoms with E-state index in [4.69, 9.17) is 9.47 Å². The standard InChI is InChI=1S/C18H21NO3S/c20-18(9-3-5-15-6-4-12-23-15)19-16-7-1-2-8-17(16)22-14-10-11-21-13-14/h1-2,4,6-8,12,14H,3,5,9-11,13H2,(H,19,20)/t14-/m1/s1. The molecule has 4 nitrogen and oxygen atoms in total. The van der Waals surface area contributed by atoms with Gasteiger partial charge in [0.05, 0.1) is 18.9 Å². The van der Waals surface area contributed by atoms with Crippen molar-refractivity contribution in [3.63, 3.8) is 0 Å². The van der Waals surface area contributed by atoms with Crippen LogP contribution in [0.3, 0.4) is 0 Å². The van der Waals surface area contributed by atoms with E-state index in [0.717, 1.165) is 37.3 Å². The van der Waals surface area contributed by atoms with Crippen molar-refractivity contribution in [2.75, 3.05) is 18.5 Å². The molecular formula is C18H21NO3S. The number of anilines is 1. The number of carbonyl (C=O) groups excluding carboxylic acids is 1. The Morgan fingerprint density at radius 3 is 3.00 bits per heavy atom. The lowest BCUT2D eigenvalue weighted by atomic mass is 10.2. The second-order valence-electron chi connectivity index (χ2n) is 5.58. The Bertz CT molecular complexity index is 621. The minimum absolute atomic E-state index is 0.0280. The summed E-state index contributed by atoms with van der Waals surface area (Å²) in [7, 11) is 0. The van der Waals surface area contributed by atoms with Crippen LogP contribution in [0, 0.1) is 0 Å². The average molecular weight is 331 g/mol. The highest BCUT2D eigenvalue weighted by Gasteiger charge is 2.18. The number of nitrogens with one attached hydrogen (secondary N) is 1. The number of hydrogen-bond acceptors (Lipinski definition) is 4. The fourth-order valence-electron chi connectivity index (χ4n) is 2.55. The second kappa shape index (κ2) is 8.13. The van der Waals surface area contributed by atoms with E-state index in [2.05, 4.69) is 16.8 Å². The van der Waals surface area contributed by atoms with Crippen LogP contribution in [0.25, 0.3) is 0 Å². The molecule has 1 aliphatic rings. The van der Waals surface area contributed by atoms with Gasteiger partial charge in [-0.05, 0) is 36.4 Å². The number of para-hydroxylation sites is 2. The summed E-state index contributed by atoms with van der Waals surface area (Å²) in [4.78, 5) is 13.5. The van der Waals surface area contributed by atoms with Crippen LogP contribution < -0.4 is 10.1 Å². The fourth-order valence-corrected chi connectivity index (χ4v) is 3.30. The molecule has 5 heteroatoms. The highest BCUT2D eigenvalue weighted by molar-refractivity contribution is 7.09. The van der Waals surface area contributed by atoms with Crippen molar-refractivity contribution in [1.82, 2.24) is 0 Å². The van der Waals surface area contributed by atoms with E-state index in [1.807, 2.05) is 30.3 Å². The molecule has 2 aromatic rings. The number of thiophene rings is 1. The zero-order valence-corrected chi connectivity index (χ0v) is 13.8. The van der Waals surface area contributed by atoms with Gasteiger partial charge >= 0.3 is 0 Å². The number of hydrogen-bond donors (Lipinski definition) is 1. The van der Waals surface area contributed by atoms with Crippen molar-refractivity contribution in [2.45, 2.75) is 31.8 Å². The van der Waals surface area contributed by atoms with E-state index in [9.17, 15) is 4.79 Å². The number of amides is 1. The first kappa shape index (κ1) is 16.0. The summed E-state index contributed by atoms with van der Waals surface area (Å²) in [6, 6.07) is 11.7. The molecule has 1 atom stereocenters. The number of benzene rings is 1. The molecule has 1 N–H and O–H groups in total. The topological polar surface area (TPSA) is 47.6 Å². The van der Waals surface area contributed by atoms with Crippen molar-refractivity contribution in [3.8, 4) is 5.75 Å². The number of aryl methyl sites for hydroxylation is 1. The van der Waals surface area contributed by atoms with E-state index in [0.29, 0.717) is 13.0 Å². The molecule has 122 valence electrons. The molecule has 1 fully saturated rings. The predicted molar refractivity (Wildman–Crippen MR) is 92.2 cm³/mol. The highest BCUT2D eigenvalue weighted by atomic mass is 32.1. The maximum atomic E-state index is 12.1. The molecular weight excluding hydrogens is 310 g/mol. The third-order valence-electron chi connectivity index (χ3n) is 3.75. The highest BCUT2D eigenvalue weighted by Crippen LogP contribution is 2.26. The van der Waals surface area contributed by atoms with Crippen molar-refractivity contribution >= 4 is 22.9 Å². The molecule has 0 aliphatic carbocycles. The van der Waals surface area contributed by atoms with Gasteiger partial charge in [0.2, 0.25) is 5.91 Å². The molecule has 0 radical (unpaired) electrons. The minimum Gasteiger partial charge on any atom is -0.486 e. The summed E-state index contributed by atoms with van der Waals surface area (Å²) in [5.41, 5.74) is 0.737. The fraction of sp³-hybridized carbons (Fsp3) is 0.389. The number of rotatable bonds is 7. The van der Waals surface area contributed by atoms with E-state index in [1.165, 1.54) is 4.88 Å². The molecule has 1 aromatic carbocycles. The molecule has 0 bridgehead atoms. The van der Waals surface area contributed by atoms with Crippen molar-refractivity contribution < 1.29 is 14.3 Å². The lowest BCUT2D eigenvalue weighted by molar-refractivity contribution is -0.116. The smallest absolute Gasteiger partial charge is 0.224 e. The number of carbonyl (C=O) groups is 1. The Morgan fingerprint density at radius 2 is 2.22 bits per heavy atom. The van der Waals surface area contributed by atoms with Crippen LogP contribution in [0.15, 0.2) is 41.8 Å². The molecule has 23 heavy (non-hydrogen) atoms. The molecule has 1 aliphatic heterocycles. The summed E-state index contributed by atoms with van der Waals surface area (Å²) in [6.45, 7) is 1.35. The van der Waals surface area contributed by atoms with Crippen LogP contribution in [0.5, 0.6) is 5.75 Å². The van der Waals surface area contributed by atoms with Crippen LogP contribution in [-0.2, 0) is 16.0 Å². The zero-order chi connectivity index (χ0) is 15.9. The van der Waals surface area contributed by atoms with Gasteiger partial charge in [-0.3, -0.25) is 4.79 Å². The SMILES string of the molecule is O=C(CCCc1cccs1)Nc1ccccc1O[C@@H]1CCOC1. The van der Waals surface area contributed by atoms with E-state index >= 15 is 0 Å². The molecule has 1 saturated heterocycles. The summed E-state index contributed by atoms with van der Waals surface area (Å²) in [6.07, 6.45) is 3.28. The minimum atomic E-state index is 0.0280. The molecule has 1 aromatic heterocycles. The molecule has 0 spiro atoms. The maximum Gasteiger partial charge on any atom is 0.224 e. The Kier molecular flexibility index (Phi) is 5.66. The van der Waals surface area contributed by atoms with Gasteiger partial charge in [0, 0.05) is 17.7 Å². The van der Waals surface area contributed by atoms with Gasteiger partial charge in [0.25, 0.3) is 0 Å². The molecule has 1 amide bonds. The van der Waals surface area contributed by atoms with Gasteiger partial charge in [-0.15, -0.1) is 11.3 Å². The molecule has 2 heterocycles. The van der Waals surface area contributed by atoms with Crippen LogP contribution in [0.2, 0.25) is 0 Å². The maximum absolute atomic E-state index is 12.1. The van der Waals surface area contributed by atoms with E-state index in [-0.39, 0.29) is 12.0 Å². The lowest BCUT2D eigenvalue weighted by Gasteiger charge is -2.16. The van der Waals surface area contributed by atoms with Crippen molar-refractivity contribution in [3.05, 3.63) is 46.7 Å². The van der Waals surface area contributed by atoms with Crippen LogP contribution in [-0.4, -0.2) is 25.2 Å². The normalized spacial score (nSPS) is 17.1. The van der Waals surface area contributed by atoms with Crippen LogP contribution in [0.4, 0.5) is 5.69 Å². The number of ether oxygens (including phenoxy) is 2. The average Bonchev–Trinajstić information content (AvgIpc) is 3.23. The van der Waals surface area contributed by atoms with E-state index in [1.54, 1.807) is 11.3 Å². The third kappa shape index (κ3) is 4.81. The van der Waals surface area contributed by atoms with Gasteiger partial charge in [-0.25, -0.2) is 0 Å². The zero-order valence-electron chi connectivity index (χ0n) is 13.0. The molecule has 0 saturated carbocycles. The van der Waals surface area contributed by atoms with E-state index < -0.39 is 0 Å². The molecule has 0 unspecified atom stereocenters. The van der Waals surface area contributed by atoms with Crippen LogP contribution >= 0.6 is 11.3 Å². The Morgan fingerprint density at radius 1 is 1.30 bits per heavy atom. The van der Waals surface area contributed by atoms with Gasteiger partial charge in [-0.2, -0.15) is 0 Å². The van der Waals surface area contributed by atoms with Crippen molar-refractivity contribution in [1.29, 1.82) is 0 Å². The largest absolute Gasteiger partial charge is 0.486 e. The van der Waals surface area contributed by atoms with Gasteiger partial charge in [-0.1, -0.05) is 18.2 Å². The monoisotopic (exact) mass is 331 g/mol. The Hall–Kier alpha value is -1.85. The summed E-state index contributed by atoms with van der Waals surface area (Å²) in [5, 5.41) is 5.03. The summed E-state index contributed by atoms with van der Waals surface area (Å²) < 4.78 is 11.3. The lowest BCUT2D eigenvalue weighted by Crippen LogP contribution is -2.18. The summed E-state index contributed by atoms with van der Waals surface area (Å²) in [5.74, 6) is 0.745. The van der Waals surface area contributed by atoms with Gasteiger partial charge in [0.15, 0.2) is 0 Å².